The van der Waals surface area contributed by atoms with Crippen molar-refractivity contribution < 1.29 is 24.4 Å². The van der Waals surface area contributed by atoms with Gasteiger partial charge in [0.1, 0.15) is 25.4 Å². The molecule has 2 unspecified atom stereocenters. The number of ether oxygens (including phenoxy) is 3. The lowest BCUT2D eigenvalue weighted by atomic mass is 10.4. The molecule has 0 saturated heterocycles. The highest BCUT2D eigenvalue weighted by Crippen LogP contribution is 1.92. The van der Waals surface area contributed by atoms with E-state index in [-0.39, 0.29) is 26.4 Å². The summed E-state index contributed by atoms with van der Waals surface area (Å²) >= 11 is 0. The van der Waals surface area contributed by atoms with Crippen LogP contribution in [-0.2, 0) is 14.2 Å². The van der Waals surface area contributed by atoms with Gasteiger partial charge in [-0.25, -0.2) is 0 Å². The summed E-state index contributed by atoms with van der Waals surface area (Å²) in [5.74, 6) is 0. The smallest absolute Gasteiger partial charge is 0.115 e. The highest BCUT2D eigenvalue weighted by molar-refractivity contribution is 4.59. The third-order valence-electron chi connectivity index (χ3n) is 1.43. The van der Waals surface area contributed by atoms with E-state index in [9.17, 15) is 10.2 Å². The summed E-state index contributed by atoms with van der Waals surface area (Å²) in [5.41, 5.74) is 0. The number of aliphatic hydroxyl groups is 2. The lowest BCUT2D eigenvalue weighted by molar-refractivity contribution is -0.0392. The molecular formula is C10H18O5. The van der Waals surface area contributed by atoms with Crippen LogP contribution in [0.15, 0.2) is 25.7 Å². The van der Waals surface area contributed by atoms with E-state index in [1.54, 1.807) is 0 Å². The number of hydrogen-bond donors (Lipinski definition) is 2. The lowest BCUT2D eigenvalue weighted by Gasteiger charge is -2.13. The van der Waals surface area contributed by atoms with E-state index in [1.165, 1.54) is 12.5 Å². The zero-order valence-corrected chi connectivity index (χ0v) is 8.67. The molecule has 0 aromatic rings. The van der Waals surface area contributed by atoms with Crippen LogP contribution >= 0.6 is 0 Å². The second-order valence-electron chi connectivity index (χ2n) is 2.85. The van der Waals surface area contributed by atoms with E-state index in [2.05, 4.69) is 13.2 Å². The summed E-state index contributed by atoms with van der Waals surface area (Å²) in [6, 6.07) is 0. The highest BCUT2D eigenvalue weighted by Gasteiger charge is 2.07. The van der Waals surface area contributed by atoms with Crippen LogP contribution in [0.2, 0.25) is 0 Å². The monoisotopic (exact) mass is 218 g/mol. The number of rotatable bonds is 10. The molecule has 0 radical (unpaired) electrons. The van der Waals surface area contributed by atoms with E-state index >= 15 is 0 Å². The van der Waals surface area contributed by atoms with E-state index in [0.29, 0.717) is 0 Å². The van der Waals surface area contributed by atoms with Crippen LogP contribution in [0.3, 0.4) is 0 Å². The molecule has 0 bridgehead atoms. The van der Waals surface area contributed by atoms with Crippen LogP contribution in [0, 0.1) is 0 Å². The van der Waals surface area contributed by atoms with Gasteiger partial charge in [0.25, 0.3) is 0 Å². The zero-order chi connectivity index (χ0) is 11.5. The van der Waals surface area contributed by atoms with Gasteiger partial charge in [0.15, 0.2) is 0 Å². The molecule has 0 spiro atoms. The van der Waals surface area contributed by atoms with Crippen LogP contribution in [0.1, 0.15) is 0 Å². The van der Waals surface area contributed by atoms with Gasteiger partial charge in [0, 0.05) is 0 Å². The summed E-state index contributed by atoms with van der Waals surface area (Å²) in [4.78, 5) is 0. The van der Waals surface area contributed by atoms with E-state index in [1.807, 2.05) is 0 Å². The van der Waals surface area contributed by atoms with Crippen molar-refractivity contribution in [3.8, 4) is 0 Å². The molecule has 0 aromatic heterocycles. The number of hydrogen-bond acceptors (Lipinski definition) is 5. The van der Waals surface area contributed by atoms with Gasteiger partial charge in [-0.05, 0) is 0 Å². The Labute approximate surface area is 89.6 Å². The van der Waals surface area contributed by atoms with Gasteiger partial charge in [-0.1, -0.05) is 13.2 Å². The zero-order valence-electron chi connectivity index (χ0n) is 8.67. The van der Waals surface area contributed by atoms with Gasteiger partial charge < -0.3 is 24.4 Å². The fourth-order valence-corrected chi connectivity index (χ4v) is 0.795. The first-order chi connectivity index (χ1) is 7.20. The maximum absolute atomic E-state index is 9.24. The first kappa shape index (κ1) is 14.0. The van der Waals surface area contributed by atoms with Crippen molar-refractivity contribution in [2.45, 2.75) is 12.2 Å². The molecule has 5 heteroatoms. The highest BCUT2D eigenvalue weighted by atomic mass is 16.5. The third kappa shape index (κ3) is 9.27. The Balaban J connectivity index is 3.34. The fourth-order valence-electron chi connectivity index (χ4n) is 0.795. The molecule has 0 aromatic carbocycles. The van der Waals surface area contributed by atoms with E-state index < -0.39 is 12.2 Å². The second kappa shape index (κ2) is 9.51. The van der Waals surface area contributed by atoms with Crippen molar-refractivity contribution in [2.75, 3.05) is 26.4 Å². The second-order valence-corrected chi connectivity index (χ2v) is 2.85. The van der Waals surface area contributed by atoms with Crippen molar-refractivity contribution in [2.24, 2.45) is 0 Å². The molecule has 0 heterocycles. The largest absolute Gasteiger partial charge is 0.499 e. The molecule has 0 saturated carbocycles. The van der Waals surface area contributed by atoms with Gasteiger partial charge in [-0.3, -0.25) is 0 Å². The minimum Gasteiger partial charge on any atom is -0.499 e. The summed E-state index contributed by atoms with van der Waals surface area (Å²) < 4.78 is 14.5. The normalized spacial score (nSPS) is 14.0. The molecule has 2 N–H and O–H groups in total. The van der Waals surface area contributed by atoms with Crippen LogP contribution in [0.5, 0.6) is 0 Å². The molecule has 0 fully saturated rings. The van der Waals surface area contributed by atoms with Crippen molar-refractivity contribution in [3.05, 3.63) is 25.7 Å². The van der Waals surface area contributed by atoms with Gasteiger partial charge in [0.2, 0.25) is 0 Å². The minimum absolute atomic E-state index is 0.0962. The molecule has 2 atom stereocenters. The third-order valence-corrected chi connectivity index (χ3v) is 1.43. The van der Waals surface area contributed by atoms with E-state index in [4.69, 9.17) is 14.2 Å². The Hall–Kier alpha value is -1.04. The van der Waals surface area contributed by atoms with Gasteiger partial charge in [0.05, 0.1) is 25.7 Å². The SMILES string of the molecule is C=COCC(O)COCC(O)COC=C. The molecule has 0 aliphatic heterocycles. The predicted octanol–water partition coefficient (Wildman–Crippen LogP) is 0.0450. The number of aliphatic hydroxyl groups excluding tert-OH is 2. The van der Waals surface area contributed by atoms with E-state index in [0.717, 1.165) is 0 Å². The van der Waals surface area contributed by atoms with Gasteiger partial charge in [-0.2, -0.15) is 0 Å². The molecule has 0 amide bonds. The van der Waals surface area contributed by atoms with Crippen LogP contribution in [-0.4, -0.2) is 48.8 Å². The Morgan fingerprint density at radius 1 is 0.867 bits per heavy atom. The molecule has 0 rings (SSSR count). The van der Waals surface area contributed by atoms with Crippen LogP contribution < -0.4 is 0 Å². The van der Waals surface area contributed by atoms with Crippen LogP contribution in [0.25, 0.3) is 0 Å². The molecule has 88 valence electrons. The van der Waals surface area contributed by atoms with Crippen molar-refractivity contribution in [1.29, 1.82) is 0 Å². The molecule has 0 aliphatic rings. The summed E-state index contributed by atoms with van der Waals surface area (Å²) in [5, 5.41) is 18.5. The topological polar surface area (TPSA) is 68.2 Å². The maximum atomic E-state index is 9.24. The molecular weight excluding hydrogens is 200 g/mol. The van der Waals surface area contributed by atoms with Crippen molar-refractivity contribution in [1.82, 2.24) is 0 Å². The summed E-state index contributed by atoms with van der Waals surface area (Å²) in [6.07, 6.45) is 1.04. The first-order valence-electron chi connectivity index (χ1n) is 4.59. The Kier molecular flexibility index (Phi) is 8.85. The summed E-state index contributed by atoms with van der Waals surface area (Å²) in [7, 11) is 0. The quantitative estimate of drug-likeness (QED) is 0.507. The Bertz CT molecular complexity index is 153. The van der Waals surface area contributed by atoms with Gasteiger partial charge >= 0.3 is 0 Å². The van der Waals surface area contributed by atoms with Crippen molar-refractivity contribution in [3.63, 3.8) is 0 Å². The van der Waals surface area contributed by atoms with Crippen molar-refractivity contribution >= 4 is 0 Å². The fraction of sp³-hybridized carbons (Fsp3) is 0.600. The Morgan fingerprint density at radius 3 is 1.60 bits per heavy atom. The molecule has 0 aliphatic carbocycles. The average Bonchev–Trinajstić information content (AvgIpc) is 2.23. The predicted molar refractivity (Wildman–Crippen MR) is 55.1 cm³/mol. The molecule has 5 nitrogen and oxygen atoms in total. The van der Waals surface area contributed by atoms with Crippen LogP contribution in [0.4, 0.5) is 0 Å². The average molecular weight is 218 g/mol. The first-order valence-corrected chi connectivity index (χ1v) is 4.59. The van der Waals surface area contributed by atoms with Gasteiger partial charge in [-0.15, -0.1) is 0 Å². The Morgan fingerprint density at radius 2 is 1.27 bits per heavy atom. The minimum atomic E-state index is -0.726. The lowest BCUT2D eigenvalue weighted by Crippen LogP contribution is -2.26. The summed E-state index contributed by atoms with van der Waals surface area (Å²) in [6.45, 7) is 7.12. The maximum Gasteiger partial charge on any atom is 0.115 e. The standard InChI is InChI=1S/C10H18O5/c1-3-13-5-9(11)7-15-8-10(12)6-14-4-2/h3-4,9-12H,1-2,5-8H2. The molecule has 15 heavy (non-hydrogen) atoms.